The summed E-state index contributed by atoms with van der Waals surface area (Å²) in [7, 11) is 0. The maximum absolute atomic E-state index is 12.6. The minimum atomic E-state index is 0.142. The van der Waals surface area contributed by atoms with Crippen molar-refractivity contribution in [2.45, 2.75) is 38.3 Å². The highest BCUT2D eigenvalue weighted by Gasteiger charge is 2.32. The summed E-state index contributed by atoms with van der Waals surface area (Å²) in [5, 5.41) is 5.93. The van der Waals surface area contributed by atoms with Gasteiger partial charge in [-0.2, -0.15) is 4.98 Å². The van der Waals surface area contributed by atoms with Gasteiger partial charge >= 0.3 is 0 Å². The van der Waals surface area contributed by atoms with Gasteiger partial charge in [0.15, 0.2) is 5.76 Å². The normalized spacial score (nSPS) is 14.0. The van der Waals surface area contributed by atoms with E-state index in [0.717, 1.165) is 12.8 Å². The van der Waals surface area contributed by atoms with Gasteiger partial charge < -0.3 is 13.8 Å². The molecular formula is C17H17N3O3S. The van der Waals surface area contributed by atoms with E-state index in [9.17, 15) is 4.79 Å². The Labute approximate surface area is 143 Å². The van der Waals surface area contributed by atoms with E-state index < -0.39 is 0 Å². The molecule has 3 heterocycles. The molecule has 4 rings (SSSR count). The Morgan fingerprint density at radius 2 is 2.25 bits per heavy atom. The van der Waals surface area contributed by atoms with Crippen LogP contribution >= 0.6 is 11.3 Å². The minimum absolute atomic E-state index is 0.142. The number of hydrogen-bond donors (Lipinski definition) is 0. The smallest absolute Gasteiger partial charge is 0.238 e. The maximum atomic E-state index is 12.6. The molecule has 3 aromatic heterocycles. The number of aromatic nitrogens is 2. The van der Waals surface area contributed by atoms with Crippen molar-refractivity contribution < 1.29 is 13.7 Å². The number of furan rings is 1. The standard InChI is InChI=1S/C17H17N3O3S/c21-16(20(12-5-6-12)11-13-3-2-10-24-13)8-7-15-18-17(19-23-15)14-4-1-9-22-14/h1-4,9-10,12H,5-8,11H2. The molecule has 1 aliphatic rings. The van der Waals surface area contributed by atoms with Gasteiger partial charge in [-0.15, -0.1) is 11.3 Å². The van der Waals surface area contributed by atoms with E-state index in [4.69, 9.17) is 8.94 Å². The van der Waals surface area contributed by atoms with Gasteiger partial charge in [0.1, 0.15) is 0 Å². The fourth-order valence-electron chi connectivity index (χ4n) is 2.60. The number of rotatable bonds is 7. The molecule has 3 aromatic rings. The van der Waals surface area contributed by atoms with E-state index in [1.807, 2.05) is 16.3 Å². The van der Waals surface area contributed by atoms with Crippen LogP contribution < -0.4 is 0 Å². The fraction of sp³-hybridized carbons (Fsp3) is 0.353. The van der Waals surface area contributed by atoms with Gasteiger partial charge in [0.25, 0.3) is 0 Å². The Morgan fingerprint density at radius 3 is 2.96 bits per heavy atom. The highest BCUT2D eigenvalue weighted by atomic mass is 32.1. The summed E-state index contributed by atoms with van der Waals surface area (Å²) in [6.07, 6.45) is 4.58. The predicted molar refractivity (Wildman–Crippen MR) is 88.2 cm³/mol. The number of carbonyl (C=O) groups is 1. The lowest BCUT2D eigenvalue weighted by Crippen LogP contribution is -2.32. The highest BCUT2D eigenvalue weighted by molar-refractivity contribution is 7.09. The highest BCUT2D eigenvalue weighted by Crippen LogP contribution is 2.30. The molecule has 0 radical (unpaired) electrons. The average molecular weight is 343 g/mol. The van der Waals surface area contributed by atoms with Crippen molar-refractivity contribution in [2.24, 2.45) is 0 Å². The van der Waals surface area contributed by atoms with Crippen molar-refractivity contribution in [3.63, 3.8) is 0 Å². The molecule has 0 aromatic carbocycles. The first-order valence-corrected chi connectivity index (χ1v) is 8.86. The quantitative estimate of drug-likeness (QED) is 0.656. The number of aryl methyl sites for hydroxylation is 1. The van der Waals surface area contributed by atoms with Crippen LogP contribution in [0.4, 0.5) is 0 Å². The fourth-order valence-corrected chi connectivity index (χ4v) is 3.30. The van der Waals surface area contributed by atoms with Crippen molar-refractivity contribution >= 4 is 17.2 Å². The summed E-state index contributed by atoms with van der Waals surface area (Å²) < 4.78 is 10.4. The molecule has 24 heavy (non-hydrogen) atoms. The van der Waals surface area contributed by atoms with Crippen LogP contribution in [0.25, 0.3) is 11.6 Å². The molecule has 0 saturated heterocycles. The number of carbonyl (C=O) groups excluding carboxylic acids is 1. The van der Waals surface area contributed by atoms with Crippen LogP contribution in [0.1, 0.15) is 30.0 Å². The predicted octanol–water partition coefficient (Wildman–Crippen LogP) is 3.51. The zero-order valence-corrected chi connectivity index (χ0v) is 13.9. The number of thiophene rings is 1. The molecule has 0 bridgehead atoms. The molecule has 0 spiro atoms. The second-order valence-corrected chi connectivity index (χ2v) is 6.85. The summed E-state index contributed by atoms with van der Waals surface area (Å²) in [5.41, 5.74) is 0. The van der Waals surface area contributed by atoms with Crippen molar-refractivity contribution in [3.8, 4) is 11.6 Å². The van der Waals surface area contributed by atoms with Crippen LogP contribution in [-0.4, -0.2) is 27.0 Å². The van der Waals surface area contributed by atoms with Gasteiger partial charge in [0.2, 0.25) is 17.6 Å². The first-order valence-electron chi connectivity index (χ1n) is 7.98. The van der Waals surface area contributed by atoms with E-state index in [2.05, 4.69) is 16.2 Å². The number of nitrogens with zero attached hydrogens (tertiary/aromatic N) is 3. The van der Waals surface area contributed by atoms with Crippen LogP contribution in [0.3, 0.4) is 0 Å². The lowest BCUT2D eigenvalue weighted by Gasteiger charge is -2.21. The Balaban J connectivity index is 1.36. The van der Waals surface area contributed by atoms with Crippen molar-refractivity contribution in [3.05, 3.63) is 46.7 Å². The van der Waals surface area contributed by atoms with Crippen molar-refractivity contribution in [2.75, 3.05) is 0 Å². The van der Waals surface area contributed by atoms with E-state index in [1.54, 1.807) is 29.7 Å². The Bertz CT molecular complexity index is 791. The molecule has 0 aliphatic heterocycles. The molecule has 0 N–H and O–H groups in total. The van der Waals surface area contributed by atoms with Crippen molar-refractivity contribution in [1.29, 1.82) is 0 Å². The molecule has 1 aliphatic carbocycles. The molecule has 1 amide bonds. The van der Waals surface area contributed by atoms with Gasteiger partial charge in [-0.1, -0.05) is 11.2 Å². The largest absolute Gasteiger partial charge is 0.461 e. The molecule has 7 heteroatoms. The van der Waals surface area contributed by atoms with Crippen LogP contribution in [0.15, 0.2) is 44.8 Å². The zero-order chi connectivity index (χ0) is 16.4. The lowest BCUT2D eigenvalue weighted by molar-refractivity contribution is -0.132. The monoisotopic (exact) mass is 343 g/mol. The first-order chi connectivity index (χ1) is 11.8. The van der Waals surface area contributed by atoms with Gasteiger partial charge in [0.05, 0.1) is 12.8 Å². The van der Waals surface area contributed by atoms with Gasteiger partial charge in [-0.3, -0.25) is 4.79 Å². The van der Waals surface area contributed by atoms with Gasteiger partial charge in [0, 0.05) is 23.8 Å². The van der Waals surface area contributed by atoms with E-state index in [0.29, 0.717) is 42.9 Å². The molecular weight excluding hydrogens is 326 g/mol. The third-order valence-electron chi connectivity index (χ3n) is 3.98. The Morgan fingerprint density at radius 1 is 1.33 bits per heavy atom. The molecule has 1 fully saturated rings. The summed E-state index contributed by atoms with van der Waals surface area (Å²) in [5.74, 6) is 1.58. The SMILES string of the molecule is O=C(CCc1nc(-c2ccco2)no1)N(Cc1cccs1)C1CC1. The molecule has 124 valence electrons. The third kappa shape index (κ3) is 3.41. The second kappa shape index (κ2) is 6.60. The molecule has 0 atom stereocenters. The number of hydrogen-bond acceptors (Lipinski definition) is 6. The van der Waals surface area contributed by atoms with Crippen LogP contribution in [0, 0.1) is 0 Å². The lowest BCUT2D eigenvalue weighted by atomic mass is 10.2. The van der Waals surface area contributed by atoms with Crippen molar-refractivity contribution in [1.82, 2.24) is 15.0 Å². The van der Waals surface area contributed by atoms with Crippen LogP contribution in [0.5, 0.6) is 0 Å². The molecule has 6 nitrogen and oxygen atoms in total. The summed E-state index contributed by atoms with van der Waals surface area (Å²) in [6, 6.07) is 8.02. The third-order valence-corrected chi connectivity index (χ3v) is 4.84. The van der Waals surface area contributed by atoms with E-state index in [1.165, 1.54) is 4.88 Å². The zero-order valence-electron chi connectivity index (χ0n) is 13.1. The summed E-state index contributed by atoms with van der Waals surface area (Å²) >= 11 is 1.68. The Kier molecular flexibility index (Phi) is 4.17. The topological polar surface area (TPSA) is 72.4 Å². The summed E-state index contributed by atoms with van der Waals surface area (Å²) in [6.45, 7) is 0.697. The number of amides is 1. The summed E-state index contributed by atoms with van der Waals surface area (Å²) in [4.78, 5) is 20.1. The van der Waals surface area contributed by atoms with E-state index in [-0.39, 0.29) is 5.91 Å². The first kappa shape index (κ1) is 15.1. The molecule has 1 saturated carbocycles. The van der Waals surface area contributed by atoms with Gasteiger partial charge in [-0.05, 0) is 36.4 Å². The maximum Gasteiger partial charge on any atom is 0.238 e. The van der Waals surface area contributed by atoms with Crippen LogP contribution in [-0.2, 0) is 17.8 Å². The minimum Gasteiger partial charge on any atom is -0.461 e. The Hall–Kier alpha value is -2.41. The average Bonchev–Trinajstić information content (AvgIpc) is 3.06. The van der Waals surface area contributed by atoms with E-state index >= 15 is 0 Å². The van der Waals surface area contributed by atoms with Gasteiger partial charge in [-0.25, -0.2) is 0 Å². The second-order valence-electron chi connectivity index (χ2n) is 5.82. The molecule has 0 unspecified atom stereocenters. The van der Waals surface area contributed by atoms with Crippen LogP contribution in [0.2, 0.25) is 0 Å².